The second kappa shape index (κ2) is 2.70. The van der Waals surface area contributed by atoms with Crippen LogP contribution in [0.2, 0.25) is 0 Å². The van der Waals surface area contributed by atoms with Crippen LogP contribution in [0.5, 0.6) is 23.3 Å². The van der Waals surface area contributed by atoms with Crippen LogP contribution < -0.4 is 9.47 Å². The average molecular weight is 186 g/mol. The highest BCUT2D eigenvalue weighted by Crippen LogP contribution is 2.41. The molecule has 14 heavy (non-hydrogen) atoms. The van der Waals surface area contributed by atoms with Crippen LogP contribution >= 0.6 is 0 Å². The maximum atomic E-state index is 5.48. The normalized spacial score (nSPS) is 12.0. The molecule has 0 saturated heterocycles. The molecule has 3 heterocycles. The molecular weight excluding hydrogens is 180 g/mol. The highest BCUT2D eigenvalue weighted by molar-refractivity contribution is 5.47. The molecule has 0 unspecified atom stereocenters. The van der Waals surface area contributed by atoms with Gasteiger partial charge in [-0.2, -0.15) is 0 Å². The summed E-state index contributed by atoms with van der Waals surface area (Å²) >= 11 is 0. The van der Waals surface area contributed by atoms with Crippen LogP contribution in [-0.2, 0) is 0 Å². The van der Waals surface area contributed by atoms with Gasteiger partial charge in [0.2, 0.25) is 0 Å². The number of fused-ring (bicyclic) bond motifs is 2. The molecule has 0 amide bonds. The molecule has 0 aliphatic carbocycles. The highest BCUT2D eigenvalue weighted by Gasteiger charge is 2.19. The minimum absolute atomic E-state index is 0.480. The van der Waals surface area contributed by atoms with Gasteiger partial charge >= 0.3 is 0 Å². The van der Waals surface area contributed by atoms with E-state index in [0.717, 1.165) is 0 Å². The van der Waals surface area contributed by atoms with Crippen molar-refractivity contribution in [2.75, 3.05) is 0 Å². The van der Waals surface area contributed by atoms with E-state index in [0.29, 0.717) is 23.3 Å². The molecule has 68 valence electrons. The number of nitrogens with zero attached hydrogens (tertiary/aromatic N) is 2. The first-order valence-corrected chi connectivity index (χ1v) is 4.19. The molecule has 0 N–H and O–H groups in total. The van der Waals surface area contributed by atoms with Crippen molar-refractivity contribution in [3.63, 3.8) is 0 Å². The number of rotatable bonds is 0. The van der Waals surface area contributed by atoms with Gasteiger partial charge in [0.05, 0.1) is 0 Å². The Morgan fingerprint density at radius 2 is 1.29 bits per heavy atom. The van der Waals surface area contributed by atoms with Gasteiger partial charge in [-0.25, -0.2) is 9.97 Å². The fraction of sp³-hybridized carbons (Fsp3) is 0. The first-order valence-electron chi connectivity index (χ1n) is 4.19. The molecule has 1 aliphatic heterocycles. The van der Waals surface area contributed by atoms with E-state index >= 15 is 0 Å². The Hall–Kier alpha value is -2.10. The third kappa shape index (κ3) is 1.01. The number of hydrogen-bond acceptors (Lipinski definition) is 4. The van der Waals surface area contributed by atoms with Crippen molar-refractivity contribution in [1.29, 1.82) is 0 Å². The first kappa shape index (κ1) is 7.32. The minimum atomic E-state index is 0.480. The summed E-state index contributed by atoms with van der Waals surface area (Å²) in [6, 6.07) is 7.16. The fourth-order valence-electron chi connectivity index (χ4n) is 1.27. The highest BCUT2D eigenvalue weighted by atomic mass is 16.6. The molecule has 4 heteroatoms. The van der Waals surface area contributed by atoms with E-state index in [1.54, 1.807) is 36.7 Å². The molecule has 4 nitrogen and oxygen atoms in total. The molecule has 3 rings (SSSR count). The lowest BCUT2D eigenvalue weighted by Gasteiger charge is -2.17. The Labute approximate surface area is 80.1 Å². The van der Waals surface area contributed by atoms with Crippen LogP contribution in [0, 0.1) is 0 Å². The van der Waals surface area contributed by atoms with E-state index in [2.05, 4.69) is 9.97 Å². The van der Waals surface area contributed by atoms with Gasteiger partial charge in [0.1, 0.15) is 0 Å². The Balaban J connectivity index is 2.12. The van der Waals surface area contributed by atoms with Gasteiger partial charge in [0.25, 0.3) is 11.8 Å². The predicted molar refractivity (Wildman–Crippen MR) is 48.6 cm³/mol. The van der Waals surface area contributed by atoms with Gasteiger partial charge in [0.15, 0.2) is 11.5 Å². The van der Waals surface area contributed by atoms with E-state index in [9.17, 15) is 0 Å². The van der Waals surface area contributed by atoms with Crippen molar-refractivity contribution < 1.29 is 9.47 Å². The Morgan fingerprint density at radius 1 is 0.786 bits per heavy atom. The predicted octanol–water partition coefficient (Wildman–Crippen LogP) is 2.37. The lowest BCUT2D eigenvalue weighted by molar-refractivity contribution is 0.337. The van der Waals surface area contributed by atoms with Gasteiger partial charge in [-0.3, -0.25) is 0 Å². The van der Waals surface area contributed by atoms with Crippen molar-refractivity contribution in [1.82, 2.24) is 9.97 Å². The lowest BCUT2D eigenvalue weighted by Crippen LogP contribution is -2.01. The summed E-state index contributed by atoms with van der Waals surface area (Å²) in [5.74, 6) is 2.15. The second-order valence-electron chi connectivity index (χ2n) is 2.82. The largest absolute Gasteiger partial charge is 0.430 e. The summed E-state index contributed by atoms with van der Waals surface area (Å²) in [6.45, 7) is 0. The Morgan fingerprint density at radius 3 is 1.79 bits per heavy atom. The second-order valence-corrected chi connectivity index (χ2v) is 2.82. The Kier molecular flexibility index (Phi) is 1.41. The van der Waals surface area contributed by atoms with Gasteiger partial charge in [0, 0.05) is 12.4 Å². The smallest absolute Gasteiger partial charge is 0.263 e. The van der Waals surface area contributed by atoms with Gasteiger partial charge in [-0.05, 0) is 24.3 Å². The minimum Gasteiger partial charge on any atom is -0.430 e. The molecule has 0 fully saturated rings. The zero-order chi connectivity index (χ0) is 9.38. The number of pyridine rings is 2. The molecule has 0 aromatic carbocycles. The van der Waals surface area contributed by atoms with Crippen LogP contribution in [-0.4, -0.2) is 9.97 Å². The van der Waals surface area contributed by atoms with Crippen molar-refractivity contribution in [3.8, 4) is 23.3 Å². The molecule has 0 radical (unpaired) electrons. The quantitative estimate of drug-likeness (QED) is 0.540. The molecule has 1 aliphatic rings. The van der Waals surface area contributed by atoms with Crippen LogP contribution in [0.25, 0.3) is 0 Å². The Bertz CT molecular complexity index is 398. The molecule has 2 aromatic rings. The SMILES string of the molecule is c1cnc2c(c1)Oc1ncccc1O2. The third-order valence-corrected chi connectivity index (χ3v) is 1.89. The van der Waals surface area contributed by atoms with E-state index in [4.69, 9.17) is 9.47 Å². The summed E-state index contributed by atoms with van der Waals surface area (Å²) in [7, 11) is 0. The summed E-state index contributed by atoms with van der Waals surface area (Å²) in [6.07, 6.45) is 3.31. The maximum absolute atomic E-state index is 5.48. The topological polar surface area (TPSA) is 44.2 Å². The molecule has 0 saturated carbocycles. The van der Waals surface area contributed by atoms with Crippen molar-refractivity contribution in [2.45, 2.75) is 0 Å². The summed E-state index contributed by atoms with van der Waals surface area (Å²) in [4.78, 5) is 8.09. The standard InChI is InChI=1S/C10H6N2O2/c1-3-7-9(11-5-1)14-8-4-2-6-12-10(8)13-7/h1-6H. The van der Waals surface area contributed by atoms with E-state index in [1.165, 1.54) is 0 Å². The third-order valence-electron chi connectivity index (χ3n) is 1.89. The molecule has 0 spiro atoms. The van der Waals surface area contributed by atoms with Gasteiger partial charge < -0.3 is 9.47 Å². The maximum Gasteiger partial charge on any atom is 0.263 e. The average Bonchev–Trinajstić information content (AvgIpc) is 2.26. The van der Waals surface area contributed by atoms with Crippen molar-refractivity contribution >= 4 is 0 Å². The van der Waals surface area contributed by atoms with E-state index in [1.807, 2.05) is 0 Å². The number of ether oxygens (including phenoxy) is 2. The number of aromatic nitrogens is 2. The van der Waals surface area contributed by atoms with Crippen LogP contribution in [0.4, 0.5) is 0 Å². The van der Waals surface area contributed by atoms with Gasteiger partial charge in [-0.1, -0.05) is 0 Å². The number of hydrogen-bond donors (Lipinski definition) is 0. The van der Waals surface area contributed by atoms with Crippen molar-refractivity contribution in [2.24, 2.45) is 0 Å². The van der Waals surface area contributed by atoms with Crippen molar-refractivity contribution in [3.05, 3.63) is 36.7 Å². The zero-order valence-corrected chi connectivity index (χ0v) is 7.18. The van der Waals surface area contributed by atoms with Gasteiger partial charge in [-0.15, -0.1) is 0 Å². The molecule has 0 bridgehead atoms. The summed E-state index contributed by atoms with van der Waals surface area (Å²) in [5.41, 5.74) is 0. The van der Waals surface area contributed by atoms with Crippen LogP contribution in [0.3, 0.4) is 0 Å². The van der Waals surface area contributed by atoms with Crippen LogP contribution in [0.1, 0.15) is 0 Å². The first-order chi connectivity index (χ1) is 6.93. The van der Waals surface area contributed by atoms with Crippen LogP contribution in [0.15, 0.2) is 36.7 Å². The lowest BCUT2D eigenvalue weighted by atomic mass is 10.4. The monoisotopic (exact) mass is 186 g/mol. The molecule has 2 aromatic heterocycles. The molecular formula is C10H6N2O2. The van der Waals surface area contributed by atoms with E-state index in [-0.39, 0.29) is 0 Å². The zero-order valence-electron chi connectivity index (χ0n) is 7.18. The van der Waals surface area contributed by atoms with E-state index < -0.39 is 0 Å². The summed E-state index contributed by atoms with van der Waals surface area (Å²) in [5, 5.41) is 0. The molecule has 0 atom stereocenters. The summed E-state index contributed by atoms with van der Waals surface area (Å²) < 4.78 is 11.0. The fourth-order valence-corrected chi connectivity index (χ4v) is 1.27.